The van der Waals surface area contributed by atoms with Gasteiger partial charge < -0.3 is 0 Å². The van der Waals surface area contributed by atoms with Crippen LogP contribution >= 0.6 is 11.8 Å². The van der Waals surface area contributed by atoms with Gasteiger partial charge >= 0.3 is 0 Å². The Bertz CT molecular complexity index is 837. The molecule has 0 aliphatic carbocycles. The third-order valence-electron chi connectivity index (χ3n) is 5.22. The topological polar surface area (TPSA) is 0 Å². The third-order valence-corrected chi connectivity index (χ3v) is 11.0. The van der Waals surface area contributed by atoms with E-state index >= 15 is 0 Å². The van der Waals surface area contributed by atoms with Crippen LogP contribution in [0.1, 0.15) is 13.8 Å². The van der Waals surface area contributed by atoms with Gasteiger partial charge in [-0.2, -0.15) is 0 Å². The van der Waals surface area contributed by atoms with Crippen molar-refractivity contribution in [2.75, 3.05) is 0 Å². The molecule has 128 valence electrons. The van der Waals surface area contributed by atoms with Gasteiger partial charge in [-0.3, -0.25) is 0 Å². The molecule has 0 nitrogen and oxygen atoms in total. The predicted molar refractivity (Wildman–Crippen MR) is 115 cm³/mol. The molecule has 0 amide bonds. The second-order valence-corrected chi connectivity index (χ2v) is 13.7. The fraction of sp³-hybridized carbons (Fsp3) is 0.217. The maximum Gasteiger partial charge on any atom is 0.0831 e. The van der Waals surface area contributed by atoms with Gasteiger partial charge in [-0.05, 0) is 34.9 Å². The minimum atomic E-state index is -1.42. The van der Waals surface area contributed by atoms with Crippen molar-refractivity contribution in [3.05, 3.63) is 78.9 Å². The first kappa shape index (κ1) is 18.0. The normalized spacial score (nSPS) is 11.7. The van der Waals surface area contributed by atoms with E-state index in [4.69, 9.17) is 0 Å². The van der Waals surface area contributed by atoms with Crippen LogP contribution in [0.25, 0.3) is 11.1 Å². The van der Waals surface area contributed by atoms with Crippen molar-refractivity contribution in [1.82, 2.24) is 0 Å². The fourth-order valence-electron chi connectivity index (χ4n) is 2.83. The van der Waals surface area contributed by atoms with Crippen molar-refractivity contribution in [2.24, 2.45) is 0 Å². The second kappa shape index (κ2) is 7.63. The van der Waals surface area contributed by atoms with Crippen LogP contribution in [0.4, 0.5) is 0 Å². The summed E-state index contributed by atoms with van der Waals surface area (Å²) in [4.78, 5) is 2.60. The monoisotopic (exact) mass is 362 g/mol. The van der Waals surface area contributed by atoms with E-state index in [0.717, 1.165) is 5.54 Å². The highest BCUT2D eigenvalue weighted by molar-refractivity contribution is 7.99. The molecule has 0 spiro atoms. The first-order chi connectivity index (χ1) is 12.0. The van der Waals surface area contributed by atoms with Gasteiger partial charge in [0.2, 0.25) is 0 Å². The maximum absolute atomic E-state index is 2.47. The average Bonchev–Trinajstić information content (AvgIpc) is 2.63. The Morgan fingerprint density at radius 2 is 1.44 bits per heavy atom. The van der Waals surface area contributed by atoms with Gasteiger partial charge in [0.25, 0.3) is 0 Å². The lowest BCUT2D eigenvalue weighted by Gasteiger charge is -2.28. The molecule has 0 aliphatic rings. The van der Waals surface area contributed by atoms with Crippen molar-refractivity contribution in [3.63, 3.8) is 0 Å². The van der Waals surface area contributed by atoms with E-state index in [1.807, 2.05) is 11.8 Å². The maximum atomic E-state index is 2.47. The van der Waals surface area contributed by atoms with Crippen molar-refractivity contribution in [2.45, 2.75) is 42.3 Å². The van der Waals surface area contributed by atoms with Gasteiger partial charge in [0.15, 0.2) is 0 Å². The molecule has 0 atom stereocenters. The zero-order chi connectivity index (χ0) is 17.9. The average molecular weight is 363 g/mol. The molecule has 0 aliphatic heterocycles. The largest absolute Gasteiger partial charge is 0.0895 e. The molecule has 3 aromatic carbocycles. The highest BCUT2D eigenvalue weighted by Gasteiger charge is 2.27. The molecule has 3 aromatic rings. The van der Waals surface area contributed by atoms with E-state index < -0.39 is 8.07 Å². The molecule has 0 N–H and O–H groups in total. The van der Waals surface area contributed by atoms with Gasteiger partial charge in [0.1, 0.15) is 0 Å². The first-order valence-corrected chi connectivity index (χ1v) is 12.8. The van der Waals surface area contributed by atoms with Gasteiger partial charge in [0, 0.05) is 9.79 Å². The van der Waals surface area contributed by atoms with Crippen LogP contribution in [0, 0.1) is 0 Å². The third kappa shape index (κ3) is 4.08. The van der Waals surface area contributed by atoms with E-state index in [0.29, 0.717) is 0 Å². The summed E-state index contributed by atoms with van der Waals surface area (Å²) in [5.41, 5.74) is 3.39. The quantitative estimate of drug-likeness (QED) is 0.448. The molecule has 0 aromatic heterocycles. The standard InChI is InChI=1S/C23H26SSi/c1-18(2)25(3,4)21-14-10-11-19(17-21)22-15-8-9-16-23(22)24-20-12-6-5-7-13-20/h5-18H,1-4H3. The fourth-order valence-corrected chi connectivity index (χ4v) is 5.54. The Morgan fingerprint density at radius 3 is 2.16 bits per heavy atom. The molecule has 2 heteroatoms. The number of hydrogen-bond acceptors (Lipinski definition) is 1. The zero-order valence-electron chi connectivity index (χ0n) is 15.5. The highest BCUT2D eigenvalue weighted by atomic mass is 32.2. The lowest BCUT2D eigenvalue weighted by Crippen LogP contribution is -2.44. The molecule has 3 rings (SSSR count). The summed E-state index contributed by atoms with van der Waals surface area (Å²) in [6.45, 7) is 9.67. The van der Waals surface area contributed by atoms with E-state index in [-0.39, 0.29) is 0 Å². The van der Waals surface area contributed by atoms with Gasteiger partial charge in [-0.15, -0.1) is 0 Å². The molecular formula is C23H26SSi. The lowest BCUT2D eigenvalue weighted by molar-refractivity contribution is 1.02. The van der Waals surface area contributed by atoms with Gasteiger partial charge in [-0.25, -0.2) is 0 Å². The van der Waals surface area contributed by atoms with Crippen LogP contribution in [0.15, 0.2) is 88.7 Å². The van der Waals surface area contributed by atoms with E-state index in [1.165, 1.54) is 20.9 Å². The minimum Gasteiger partial charge on any atom is -0.0895 e. The SMILES string of the molecule is CC(C)[Si](C)(C)c1cccc(-c2ccccc2Sc2ccccc2)c1. The molecule has 0 fully saturated rings. The molecule has 0 radical (unpaired) electrons. The van der Waals surface area contributed by atoms with Crippen LogP contribution in [0.2, 0.25) is 18.6 Å². The van der Waals surface area contributed by atoms with Gasteiger partial charge in [-0.1, -0.05) is 105 Å². The lowest BCUT2D eigenvalue weighted by atomic mass is 10.1. The van der Waals surface area contributed by atoms with Crippen LogP contribution in [0.5, 0.6) is 0 Å². The number of hydrogen-bond donors (Lipinski definition) is 0. The molecule has 0 heterocycles. The minimum absolute atomic E-state index is 0.733. The van der Waals surface area contributed by atoms with Gasteiger partial charge in [0.05, 0.1) is 8.07 Å². The summed E-state index contributed by atoms with van der Waals surface area (Å²) in [7, 11) is -1.42. The number of benzene rings is 3. The predicted octanol–water partition coefficient (Wildman–Crippen LogP) is 6.83. The summed E-state index contributed by atoms with van der Waals surface area (Å²) in [5.74, 6) is 0. The van der Waals surface area contributed by atoms with E-state index in [2.05, 4.69) is 106 Å². The number of rotatable bonds is 5. The molecule has 25 heavy (non-hydrogen) atoms. The van der Waals surface area contributed by atoms with Crippen LogP contribution < -0.4 is 5.19 Å². The molecule has 0 saturated carbocycles. The Hall–Kier alpha value is -1.77. The zero-order valence-corrected chi connectivity index (χ0v) is 17.3. The Balaban J connectivity index is 2.00. The molecule has 0 unspecified atom stereocenters. The Labute approximate surface area is 157 Å². The summed E-state index contributed by atoms with van der Waals surface area (Å²) < 4.78 is 0. The van der Waals surface area contributed by atoms with Crippen LogP contribution in [0.3, 0.4) is 0 Å². The molecule has 0 saturated heterocycles. The molecule has 0 bridgehead atoms. The van der Waals surface area contributed by atoms with Crippen molar-refractivity contribution in [1.29, 1.82) is 0 Å². The smallest absolute Gasteiger partial charge is 0.0831 e. The van der Waals surface area contributed by atoms with Crippen molar-refractivity contribution in [3.8, 4) is 11.1 Å². The highest BCUT2D eigenvalue weighted by Crippen LogP contribution is 2.36. The summed E-state index contributed by atoms with van der Waals surface area (Å²) in [6, 6.07) is 28.6. The summed E-state index contributed by atoms with van der Waals surface area (Å²) in [5, 5.41) is 1.54. The Morgan fingerprint density at radius 1 is 0.760 bits per heavy atom. The van der Waals surface area contributed by atoms with Crippen molar-refractivity contribution < 1.29 is 0 Å². The van der Waals surface area contributed by atoms with Crippen LogP contribution in [-0.2, 0) is 0 Å². The Kier molecular flexibility index (Phi) is 5.50. The van der Waals surface area contributed by atoms with E-state index in [9.17, 15) is 0 Å². The first-order valence-electron chi connectivity index (χ1n) is 8.91. The van der Waals surface area contributed by atoms with Crippen LogP contribution in [-0.4, -0.2) is 8.07 Å². The van der Waals surface area contributed by atoms with E-state index in [1.54, 1.807) is 5.19 Å². The molecular weight excluding hydrogens is 336 g/mol. The summed E-state index contributed by atoms with van der Waals surface area (Å²) in [6.07, 6.45) is 0. The summed E-state index contributed by atoms with van der Waals surface area (Å²) >= 11 is 1.84. The van der Waals surface area contributed by atoms with Crippen molar-refractivity contribution >= 4 is 25.0 Å². The second-order valence-electron chi connectivity index (χ2n) is 7.37.